The summed E-state index contributed by atoms with van der Waals surface area (Å²) in [5.41, 5.74) is 0.893. The van der Waals surface area contributed by atoms with Crippen LogP contribution in [0.1, 0.15) is 38.8 Å². The highest BCUT2D eigenvalue weighted by atomic mass is 16.5. The lowest BCUT2D eigenvalue weighted by Crippen LogP contribution is -2.13. The minimum atomic E-state index is -1.14. The van der Waals surface area contributed by atoms with E-state index in [4.69, 9.17) is 28.4 Å². The van der Waals surface area contributed by atoms with Crippen molar-refractivity contribution < 1.29 is 38.3 Å². The van der Waals surface area contributed by atoms with Crippen molar-refractivity contribution in [2.75, 3.05) is 28.4 Å². The van der Waals surface area contributed by atoms with Gasteiger partial charge in [0, 0.05) is 5.56 Å². The maximum atomic E-state index is 12.3. The van der Waals surface area contributed by atoms with Gasteiger partial charge in [0.05, 0.1) is 46.2 Å². The zero-order valence-electron chi connectivity index (χ0n) is 20.3. The Labute approximate surface area is 194 Å². The normalized spacial score (nSPS) is 11.4. The smallest absolute Gasteiger partial charge is 0.336 e. The number of methoxy groups -OCH3 is 4. The third-order valence-electron chi connectivity index (χ3n) is 4.54. The van der Waals surface area contributed by atoms with Crippen molar-refractivity contribution in [3.63, 3.8) is 0 Å². The Morgan fingerprint density at radius 1 is 0.758 bits per heavy atom. The molecule has 33 heavy (non-hydrogen) atoms. The number of carboxylic acid groups (broad SMARTS) is 1. The maximum Gasteiger partial charge on any atom is 0.336 e. The molecular weight excluding hydrogens is 428 g/mol. The lowest BCUT2D eigenvalue weighted by molar-refractivity contribution is -0.130. The monoisotopic (exact) mass is 460 g/mol. The van der Waals surface area contributed by atoms with Gasteiger partial charge in [0.2, 0.25) is 11.5 Å². The van der Waals surface area contributed by atoms with Gasteiger partial charge in [-0.25, -0.2) is 4.79 Å². The summed E-state index contributed by atoms with van der Waals surface area (Å²) in [6.45, 7) is 7.53. The molecule has 0 atom stereocenters. The third kappa shape index (κ3) is 6.03. The second-order valence-corrected chi connectivity index (χ2v) is 7.63. The topological polar surface area (TPSA) is 92.7 Å². The van der Waals surface area contributed by atoms with Gasteiger partial charge in [-0.3, -0.25) is 0 Å². The van der Waals surface area contributed by atoms with Crippen molar-refractivity contribution in [2.45, 2.75) is 39.9 Å². The molecule has 0 aliphatic carbocycles. The van der Waals surface area contributed by atoms with E-state index >= 15 is 0 Å². The van der Waals surface area contributed by atoms with E-state index in [-0.39, 0.29) is 17.8 Å². The molecular formula is C25H32O8. The second-order valence-electron chi connectivity index (χ2n) is 7.63. The number of rotatable bonds is 11. The first kappa shape index (κ1) is 25.7. The minimum absolute atomic E-state index is 0.00326. The molecule has 2 aromatic carbocycles. The molecule has 0 amide bonds. The highest BCUT2D eigenvalue weighted by Crippen LogP contribution is 2.44. The summed E-state index contributed by atoms with van der Waals surface area (Å²) in [6.07, 6.45) is 1.18. The molecule has 0 heterocycles. The van der Waals surface area contributed by atoms with Crippen LogP contribution in [0.15, 0.2) is 24.3 Å². The summed E-state index contributed by atoms with van der Waals surface area (Å²) in [4.78, 5) is 12.3. The van der Waals surface area contributed by atoms with Crippen molar-refractivity contribution in [3.05, 3.63) is 35.4 Å². The summed E-state index contributed by atoms with van der Waals surface area (Å²) in [5, 5.41) is 10.1. The molecule has 0 radical (unpaired) electrons. The number of carboxylic acids is 1. The van der Waals surface area contributed by atoms with Gasteiger partial charge in [0.25, 0.3) is 0 Å². The lowest BCUT2D eigenvalue weighted by Gasteiger charge is -2.21. The second kappa shape index (κ2) is 11.4. The molecule has 0 aliphatic rings. The predicted octanol–water partition coefficient (Wildman–Crippen LogP) is 4.92. The Kier molecular flexibility index (Phi) is 8.85. The first-order valence-electron chi connectivity index (χ1n) is 10.5. The average molecular weight is 461 g/mol. The van der Waals surface area contributed by atoms with E-state index in [9.17, 15) is 9.90 Å². The van der Waals surface area contributed by atoms with Crippen LogP contribution in [0.2, 0.25) is 0 Å². The van der Waals surface area contributed by atoms with Crippen LogP contribution in [0.25, 0.3) is 11.6 Å². The quantitative estimate of drug-likeness (QED) is 0.373. The van der Waals surface area contributed by atoms with Gasteiger partial charge in [-0.2, -0.15) is 0 Å². The number of benzene rings is 2. The first-order valence-corrected chi connectivity index (χ1v) is 10.5. The Morgan fingerprint density at radius 2 is 1.27 bits per heavy atom. The fourth-order valence-corrected chi connectivity index (χ4v) is 3.20. The SMILES string of the molecule is COc1cc(/C(=C\c2ccc(OC)c(OC(C)C)c2OC(C)C)C(=O)O)cc(OC)c1OC. The van der Waals surface area contributed by atoms with Crippen LogP contribution in [0.5, 0.6) is 34.5 Å². The van der Waals surface area contributed by atoms with Gasteiger partial charge in [-0.1, -0.05) is 0 Å². The lowest BCUT2D eigenvalue weighted by atomic mass is 10.0. The van der Waals surface area contributed by atoms with Gasteiger partial charge in [0.1, 0.15) is 0 Å². The fourth-order valence-electron chi connectivity index (χ4n) is 3.20. The number of aliphatic carboxylic acids is 1. The number of hydrogen-bond acceptors (Lipinski definition) is 7. The summed E-state index contributed by atoms with van der Waals surface area (Å²) in [7, 11) is 5.96. The van der Waals surface area contributed by atoms with Crippen LogP contribution in [-0.4, -0.2) is 51.7 Å². The zero-order valence-corrected chi connectivity index (χ0v) is 20.3. The first-order chi connectivity index (χ1) is 15.7. The van der Waals surface area contributed by atoms with Crippen molar-refractivity contribution in [3.8, 4) is 34.5 Å². The molecule has 180 valence electrons. The van der Waals surface area contributed by atoms with E-state index in [1.807, 2.05) is 27.7 Å². The summed E-state index contributed by atoms with van der Waals surface area (Å²) < 4.78 is 33.6. The number of ether oxygens (including phenoxy) is 6. The van der Waals surface area contributed by atoms with E-state index < -0.39 is 5.97 Å². The summed E-state index contributed by atoms with van der Waals surface area (Å²) in [5.74, 6) is 1.21. The molecule has 1 N–H and O–H groups in total. The van der Waals surface area contributed by atoms with Gasteiger partial charge in [0.15, 0.2) is 23.0 Å². The summed E-state index contributed by atoms with van der Waals surface area (Å²) in [6, 6.07) is 6.61. The standard InChI is InChI=1S/C25H32O8/c1-14(2)32-22-16(9-10-19(28-5)24(22)33-15(3)4)11-18(25(26)27)17-12-20(29-6)23(31-8)21(13-17)30-7/h9-15H,1-8H3,(H,26,27)/b18-11+. The average Bonchev–Trinajstić information content (AvgIpc) is 2.77. The molecule has 0 saturated heterocycles. The Bertz CT molecular complexity index is 983. The van der Waals surface area contributed by atoms with Gasteiger partial charge < -0.3 is 33.5 Å². The summed E-state index contributed by atoms with van der Waals surface area (Å²) >= 11 is 0. The number of carbonyl (C=O) groups is 1. The highest BCUT2D eigenvalue weighted by molar-refractivity contribution is 6.21. The van der Waals surface area contributed by atoms with Crippen LogP contribution in [0.3, 0.4) is 0 Å². The molecule has 0 spiro atoms. The zero-order chi connectivity index (χ0) is 24.7. The van der Waals surface area contributed by atoms with E-state index in [2.05, 4.69) is 0 Å². The Morgan fingerprint density at radius 3 is 1.70 bits per heavy atom. The van der Waals surface area contributed by atoms with Crippen LogP contribution in [-0.2, 0) is 4.79 Å². The highest BCUT2D eigenvalue weighted by Gasteiger charge is 2.22. The predicted molar refractivity (Wildman–Crippen MR) is 126 cm³/mol. The molecule has 8 nitrogen and oxygen atoms in total. The van der Waals surface area contributed by atoms with E-state index in [0.717, 1.165) is 0 Å². The van der Waals surface area contributed by atoms with Gasteiger partial charge in [-0.15, -0.1) is 0 Å². The molecule has 0 saturated carbocycles. The van der Waals surface area contributed by atoms with Crippen molar-refractivity contribution >= 4 is 17.6 Å². The Balaban J connectivity index is 2.80. The third-order valence-corrected chi connectivity index (χ3v) is 4.54. The van der Waals surface area contributed by atoms with Crippen LogP contribution >= 0.6 is 0 Å². The van der Waals surface area contributed by atoms with Crippen LogP contribution in [0, 0.1) is 0 Å². The minimum Gasteiger partial charge on any atom is -0.493 e. The molecule has 8 heteroatoms. The Hall–Kier alpha value is -3.55. The van der Waals surface area contributed by atoms with E-state index in [1.54, 1.807) is 24.3 Å². The van der Waals surface area contributed by atoms with Crippen molar-refractivity contribution in [1.82, 2.24) is 0 Å². The molecule has 0 aliphatic heterocycles. The number of hydrogen-bond donors (Lipinski definition) is 1. The molecule has 0 bridgehead atoms. The molecule has 0 unspecified atom stereocenters. The molecule has 2 rings (SSSR count). The van der Waals surface area contributed by atoms with Crippen molar-refractivity contribution in [1.29, 1.82) is 0 Å². The molecule has 0 aromatic heterocycles. The van der Waals surface area contributed by atoms with Crippen molar-refractivity contribution in [2.24, 2.45) is 0 Å². The van der Waals surface area contributed by atoms with Crippen LogP contribution < -0.4 is 28.4 Å². The van der Waals surface area contributed by atoms with Gasteiger partial charge >= 0.3 is 5.97 Å². The van der Waals surface area contributed by atoms with Gasteiger partial charge in [-0.05, 0) is 63.6 Å². The molecule has 0 fully saturated rings. The molecule has 2 aromatic rings. The van der Waals surface area contributed by atoms with E-state index in [0.29, 0.717) is 45.6 Å². The fraction of sp³-hybridized carbons (Fsp3) is 0.400. The van der Waals surface area contributed by atoms with E-state index in [1.165, 1.54) is 34.5 Å². The van der Waals surface area contributed by atoms with Crippen LogP contribution in [0.4, 0.5) is 0 Å². The maximum absolute atomic E-state index is 12.3. The largest absolute Gasteiger partial charge is 0.493 e.